The maximum Gasteiger partial charge on any atom is 0.246 e. The van der Waals surface area contributed by atoms with Gasteiger partial charge in [0.15, 0.2) is 0 Å². The number of benzene rings is 1. The van der Waals surface area contributed by atoms with E-state index in [1.165, 1.54) is 0 Å². The zero-order valence-corrected chi connectivity index (χ0v) is 15.4. The second-order valence-corrected chi connectivity index (χ2v) is 9.24. The van der Waals surface area contributed by atoms with E-state index in [1.54, 1.807) is 15.2 Å². The van der Waals surface area contributed by atoms with Crippen LogP contribution in [-0.4, -0.2) is 35.6 Å². The third-order valence-electron chi connectivity index (χ3n) is 4.34. The predicted molar refractivity (Wildman–Crippen MR) is 94.9 cm³/mol. The number of rotatable bonds is 3. The van der Waals surface area contributed by atoms with Crippen LogP contribution in [0.5, 0.6) is 0 Å². The van der Waals surface area contributed by atoms with Gasteiger partial charge >= 0.3 is 0 Å². The van der Waals surface area contributed by atoms with Crippen molar-refractivity contribution in [3.63, 3.8) is 0 Å². The molecule has 0 amide bonds. The smallest absolute Gasteiger partial charge is 0.239 e. The molecule has 3 rings (SSSR count). The minimum absolute atomic E-state index is 0.334. The molecule has 5 nitrogen and oxygen atoms in total. The zero-order chi connectivity index (χ0) is 17.4. The van der Waals surface area contributed by atoms with Crippen LogP contribution in [0.25, 0.3) is 5.69 Å². The lowest BCUT2D eigenvalue weighted by molar-refractivity contribution is 0.345. The van der Waals surface area contributed by atoms with E-state index in [1.807, 2.05) is 51.1 Å². The van der Waals surface area contributed by atoms with Gasteiger partial charge in [0.2, 0.25) is 10.0 Å². The number of sulfonamides is 1. The van der Waals surface area contributed by atoms with Crippen molar-refractivity contribution in [2.24, 2.45) is 0 Å². The number of nitrogens with zero attached hydrogens (tertiary/aromatic N) is 3. The fourth-order valence-electron chi connectivity index (χ4n) is 3.02. The molecule has 0 radical (unpaired) electrons. The fourth-order valence-corrected chi connectivity index (χ4v) is 4.87. The normalized spacial score (nSPS) is 17.1. The Balaban J connectivity index is 2.10. The maximum absolute atomic E-state index is 13.2. The van der Waals surface area contributed by atoms with E-state index in [2.05, 4.69) is 5.10 Å². The summed E-state index contributed by atoms with van der Waals surface area (Å²) in [7, 11) is -3.51. The summed E-state index contributed by atoms with van der Waals surface area (Å²) in [5.41, 5.74) is 1.14. The van der Waals surface area contributed by atoms with Gasteiger partial charge in [-0.3, -0.25) is 0 Å². The number of piperidine rings is 1. The Hall–Kier alpha value is -1.66. The minimum atomic E-state index is -3.51. The first-order chi connectivity index (χ1) is 11.3. The van der Waals surface area contributed by atoms with Crippen LogP contribution in [0.4, 0.5) is 0 Å². The average molecular weight is 347 g/mol. The van der Waals surface area contributed by atoms with Gasteiger partial charge in [-0.25, -0.2) is 13.1 Å². The molecular weight excluding hydrogens is 322 g/mol. The lowest BCUT2D eigenvalue weighted by Crippen LogP contribution is -2.36. The molecule has 0 bridgehead atoms. The van der Waals surface area contributed by atoms with E-state index in [-0.39, 0.29) is 5.41 Å². The van der Waals surface area contributed by atoms with Crippen molar-refractivity contribution in [1.29, 1.82) is 0 Å². The molecule has 1 aromatic heterocycles. The summed E-state index contributed by atoms with van der Waals surface area (Å²) < 4.78 is 29.6. The van der Waals surface area contributed by atoms with Crippen LogP contribution < -0.4 is 0 Å². The van der Waals surface area contributed by atoms with E-state index >= 15 is 0 Å². The van der Waals surface area contributed by atoms with Crippen molar-refractivity contribution in [2.45, 2.75) is 50.3 Å². The maximum atomic E-state index is 13.2. The van der Waals surface area contributed by atoms with Gasteiger partial charge in [-0.2, -0.15) is 9.40 Å². The molecule has 1 fully saturated rings. The van der Waals surface area contributed by atoms with Gasteiger partial charge in [-0.05, 0) is 25.0 Å². The Morgan fingerprint density at radius 3 is 2.21 bits per heavy atom. The Bertz CT molecular complexity index is 799. The Morgan fingerprint density at radius 1 is 1.00 bits per heavy atom. The van der Waals surface area contributed by atoms with E-state index in [9.17, 15) is 8.42 Å². The average Bonchev–Trinajstić information content (AvgIpc) is 3.03. The van der Waals surface area contributed by atoms with Gasteiger partial charge in [-0.15, -0.1) is 0 Å². The van der Waals surface area contributed by atoms with Crippen molar-refractivity contribution in [1.82, 2.24) is 14.1 Å². The van der Waals surface area contributed by atoms with Crippen molar-refractivity contribution in [3.8, 4) is 5.69 Å². The molecule has 1 saturated heterocycles. The van der Waals surface area contributed by atoms with E-state index in [0.29, 0.717) is 23.7 Å². The molecule has 1 aliphatic rings. The summed E-state index contributed by atoms with van der Waals surface area (Å²) in [6, 6.07) is 9.63. The largest absolute Gasteiger partial charge is 0.246 e. The third kappa shape index (κ3) is 3.26. The van der Waals surface area contributed by atoms with Crippen LogP contribution in [0.3, 0.4) is 0 Å². The molecule has 6 heteroatoms. The van der Waals surface area contributed by atoms with Crippen LogP contribution in [-0.2, 0) is 15.4 Å². The Labute approximate surface area is 144 Å². The highest BCUT2D eigenvalue weighted by Gasteiger charge is 2.34. The molecule has 0 unspecified atom stereocenters. The first-order valence-corrected chi connectivity index (χ1v) is 9.90. The van der Waals surface area contributed by atoms with E-state index in [0.717, 1.165) is 24.9 Å². The second-order valence-electron chi connectivity index (χ2n) is 7.34. The van der Waals surface area contributed by atoms with Gasteiger partial charge in [0.05, 0.1) is 17.6 Å². The lowest BCUT2D eigenvalue weighted by atomic mass is 9.92. The Kier molecular flexibility index (Phi) is 4.53. The molecule has 1 aliphatic heterocycles. The van der Waals surface area contributed by atoms with Crippen LogP contribution in [0, 0.1) is 0 Å². The molecule has 0 spiro atoms. The van der Waals surface area contributed by atoms with Crippen LogP contribution in [0.15, 0.2) is 41.4 Å². The first kappa shape index (κ1) is 17.2. The van der Waals surface area contributed by atoms with Crippen LogP contribution in [0.2, 0.25) is 0 Å². The third-order valence-corrected chi connectivity index (χ3v) is 6.24. The molecular formula is C18H25N3O2S. The fraction of sp³-hybridized carbons (Fsp3) is 0.500. The highest BCUT2D eigenvalue weighted by molar-refractivity contribution is 7.89. The van der Waals surface area contributed by atoms with Gasteiger partial charge < -0.3 is 0 Å². The summed E-state index contributed by atoms with van der Waals surface area (Å²) in [5, 5.41) is 4.62. The van der Waals surface area contributed by atoms with Gasteiger partial charge in [-0.1, -0.05) is 45.4 Å². The van der Waals surface area contributed by atoms with Crippen LogP contribution >= 0.6 is 0 Å². The van der Waals surface area contributed by atoms with Gasteiger partial charge in [0.25, 0.3) is 0 Å². The second kappa shape index (κ2) is 6.33. The minimum Gasteiger partial charge on any atom is -0.239 e. The zero-order valence-electron chi connectivity index (χ0n) is 14.6. The highest BCUT2D eigenvalue weighted by atomic mass is 32.2. The molecule has 0 atom stereocenters. The topological polar surface area (TPSA) is 55.2 Å². The van der Waals surface area contributed by atoms with Crippen molar-refractivity contribution in [2.75, 3.05) is 13.1 Å². The molecule has 0 aliphatic carbocycles. The number of hydrogen-bond acceptors (Lipinski definition) is 3. The molecule has 0 saturated carbocycles. The summed E-state index contributed by atoms with van der Waals surface area (Å²) in [6.45, 7) is 7.20. The molecule has 2 aromatic rings. The van der Waals surface area contributed by atoms with Crippen molar-refractivity contribution in [3.05, 3.63) is 42.2 Å². The first-order valence-electron chi connectivity index (χ1n) is 8.46. The molecule has 0 N–H and O–H groups in total. The van der Waals surface area contributed by atoms with E-state index < -0.39 is 10.0 Å². The van der Waals surface area contributed by atoms with Crippen molar-refractivity contribution < 1.29 is 8.42 Å². The number of aromatic nitrogens is 2. The lowest BCUT2D eigenvalue weighted by Gasteiger charge is -2.27. The predicted octanol–water partition coefficient (Wildman–Crippen LogP) is 3.34. The SMILES string of the molecule is CC(C)(C)c1nn(-c2ccccc2)cc1S(=O)(=O)N1CCCCC1. The van der Waals surface area contributed by atoms with E-state index in [4.69, 9.17) is 0 Å². The molecule has 130 valence electrons. The molecule has 1 aromatic carbocycles. The standard InChI is InChI=1S/C18H25N3O2S/c1-18(2,3)17-16(24(22,23)20-12-8-5-9-13-20)14-21(19-17)15-10-6-4-7-11-15/h4,6-7,10-11,14H,5,8-9,12-13H2,1-3H3. The summed E-state index contributed by atoms with van der Waals surface area (Å²) in [6.07, 6.45) is 4.62. The number of hydrogen-bond donors (Lipinski definition) is 0. The molecule has 2 heterocycles. The summed E-state index contributed by atoms with van der Waals surface area (Å²) in [5.74, 6) is 0. The van der Waals surface area contributed by atoms with Gasteiger partial charge in [0.1, 0.15) is 4.90 Å². The summed E-state index contributed by atoms with van der Waals surface area (Å²) >= 11 is 0. The Morgan fingerprint density at radius 2 is 1.62 bits per heavy atom. The van der Waals surface area contributed by atoms with Gasteiger partial charge in [0, 0.05) is 18.5 Å². The van der Waals surface area contributed by atoms with Crippen LogP contribution in [0.1, 0.15) is 45.7 Å². The van der Waals surface area contributed by atoms with Crippen molar-refractivity contribution >= 4 is 10.0 Å². The summed E-state index contributed by atoms with van der Waals surface area (Å²) in [4.78, 5) is 0.334. The monoisotopic (exact) mass is 347 g/mol. The number of para-hydroxylation sites is 1. The highest BCUT2D eigenvalue weighted by Crippen LogP contribution is 2.31. The molecule has 24 heavy (non-hydrogen) atoms. The quantitative estimate of drug-likeness (QED) is 0.855.